The van der Waals surface area contributed by atoms with Crippen molar-refractivity contribution in [2.45, 2.75) is 38.3 Å². The van der Waals surface area contributed by atoms with Crippen molar-refractivity contribution in [2.75, 3.05) is 32.0 Å². The lowest BCUT2D eigenvalue weighted by atomic mass is 9.84. The maximum absolute atomic E-state index is 12.5. The van der Waals surface area contributed by atoms with Gasteiger partial charge < -0.3 is 14.5 Å². The van der Waals surface area contributed by atoms with E-state index in [9.17, 15) is 9.59 Å². The topological polar surface area (TPSA) is 61.9 Å². The monoisotopic (exact) mass is 475 g/mol. The molecule has 32 heavy (non-hydrogen) atoms. The largest absolute Gasteiger partial charge is 0.446 e. The van der Waals surface area contributed by atoms with Gasteiger partial charge >= 0.3 is 6.09 Å². The summed E-state index contributed by atoms with van der Waals surface area (Å²) < 4.78 is 5.58. The molecule has 8 heteroatoms. The van der Waals surface area contributed by atoms with Crippen molar-refractivity contribution in [1.29, 1.82) is 0 Å². The first-order valence-corrected chi connectivity index (χ1v) is 11.5. The number of nitrogens with one attached hydrogen (secondary N) is 1. The highest BCUT2D eigenvalue weighted by Gasteiger charge is 2.28. The zero-order valence-electron chi connectivity index (χ0n) is 18.2. The van der Waals surface area contributed by atoms with E-state index in [2.05, 4.69) is 23.3 Å². The molecule has 0 radical (unpaired) electrons. The Labute approximate surface area is 198 Å². The molecular weight excluding hydrogens is 449 g/mol. The summed E-state index contributed by atoms with van der Waals surface area (Å²) in [5, 5.41) is 4.15. The Hall–Kier alpha value is -2.28. The van der Waals surface area contributed by atoms with E-state index in [0.29, 0.717) is 41.7 Å². The van der Waals surface area contributed by atoms with Crippen LogP contribution in [0.5, 0.6) is 0 Å². The van der Waals surface area contributed by atoms with Crippen molar-refractivity contribution >= 4 is 40.9 Å². The average molecular weight is 476 g/mol. The summed E-state index contributed by atoms with van der Waals surface area (Å²) in [6.07, 6.45) is 0.645. The first-order chi connectivity index (χ1) is 15.3. The number of likely N-dealkylation sites (tertiary alicyclic amines) is 1. The van der Waals surface area contributed by atoms with Gasteiger partial charge in [-0.3, -0.25) is 10.1 Å². The summed E-state index contributed by atoms with van der Waals surface area (Å²) in [5.41, 5.74) is 3.96. The number of ether oxygens (including phenoxy) is 1. The molecule has 2 amide bonds. The van der Waals surface area contributed by atoms with Gasteiger partial charge in [0, 0.05) is 67.6 Å². The van der Waals surface area contributed by atoms with Crippen LogP contribution in [0.2, 0.25) is 10.0 Å². The van der Waals surface area contributed by atoms with Crippen molar-refractivity contribution in [3.8, 4) is 0 Å². The first-order valence-electron chi connectivity index (χ1n) is 10.8. The highest BCUT2D eigenvalue weighted by atomic mass is 35.5. The standard InChI is InChI=1S/C24H27Cl2N3O3/c1-15(30)29-8-6-19(7-9-29)32-24(31)27-18-5-3-4-16(10-18)21-13-28(2)14-22-20(21)11-17(25)12-23(22)26/h3-5,10-12,19,21H,6-9,13-14H2,1-2H3,(H,27,31). The zero-order valence-corrected chi connectivity index (χ0v) is 19.7. The highest BCUT2D eigenvalue weighted by molar-refractivity contribution is 6.35. The second kappa shape index (κ2) is 9.69. The van der Waals surface area contributed by atoms with Gasteiger partial charge in [-0.1, -0.05) is 35.3 Å². The number of carbonyl (C=O) groups is 2. The van der Waals surface area contributed by atoms with Gasteiger partial charge in [-0.25, -0.2) is 4.79 Å². The lowest BCUT2D eigenvalue weighted by Gasteiger charge is -2.33. The van der Waals surface area contributed by atoms with Crippen LogP contribution >= 0.6 is 23.2 Å². The molecule has 1 saturated heterocycles. The molecule has 0 spiro atoms. The fourth-order valence-electron chi connectivity index (χ4n) is 4.55. The Morgan fingerprint density at radius 2 is 1.88 bits per heavy atom. The molecule has 0 aromatic heterocycles. The Kier molecular flexibility index (Phi) is 6.93. The predicted octanol–water partition coefficient (Wildman–Crippen LogP) is 5.13. The van der Waals surface area contributed by atoms with Gasteiger partial charge in [0.05, 0.1) is 0 Å². The summed E-state index contributed by atoms with van der Waals surface area (Å²) in [6.45, 7) is 4.39. The number of likely N-dealkylation sites (N-methyl/N-ethyl adjacent to an activating group) is 1. The van der Waals surface area contributed by atoms with Crippen LogP contribution in [0.25, 0.3) is 0 Å². The van der Waals surface area contributed by atoms with E-state index in [1.807, 2.05) is 24.3 Å². The molecule has 1 fully saturated rings. The number of amides is 2. The second-order valence-corrected chi connectivity index (χ2v) is 9.41. The molecule has 6 nitrogen and oxygen atoms in total. The Bertz CT molecular complexity index is 1020. The fraction of sp³-hybridized carbons (Fsp3) is 0.417. The van der Waals surface area contributed by atoms with Gasteiger partial charge in [-0.05, 0) is 48.0 Å². The summed E-state index contributed by atoms with van der Waals surface area (Å²) >= 11 is 12.8. The van der Waals surface area contributed by atoms with E-state index in [4.69, 9.17) is 27.9 Å². The highest BCUT2D eigenvalue weighted by Crippen LogP contribution is 2.38. The molecule has 0 saturated carbocycles. The number of anilines is 1. The van der Waals surface area contributed by atoms with Crippen LogP contribution < -0.4 is 5.32 Å². The zero-order chi connectivity index (χ0) is 22.8. The number of nitrogens with zero attached hydrogens (tertiary/aromatic N) is 2. The van der Waals surface area contributed by atoms with Crippen molar-refractivity contribution in [3.05, 3.63) is 63.1 Å². The number of halogens is 2. The number of benzene rings is 2. The molecule has 2 aliphatic heterocycles. The van der Waals surface area contributed by atoms with E-state index in [1.54, 1.807) is 17.9 Å². The maximum atomic E-state index is 12.5. The molecule has 2 aliphatic rings. The molecule has 1 N–H and O–H groups in total. The Morgan fingerprint density at radius 3 is 2.59 bits per heavy atom. The number of rotatable bonds is 3. The van der Waals surface area contributed by atoms with Gasteiger partial charge in [0.2, 0.25) is 5.91 Å². The molecule has 1 unspecified atom stereocenters. The maximum Gasteiger partial charge on any atom is 0.411 e. The van der Waals surface area contributed by atoms with Gasteiger partial charge in [0.15, 0.2) is 0 Å². The third-order valence-electron chi connectivity index (χ3n) is 6.19. The quantitative estimate of drug-likeness (QED) is 0.667. The van der Waals surface area contributed by atoms with Crippen LogP contribution in [0.15, 0.2) is 36.4 Å². The molecule has 4 rings (SSSR count). The van der Waals surface area contributed by atoms with Crippen LogP contribution in [0.1, 0.15) is 42.4 Å². The SMILES string of the molecule is CC(=O)N1CCC(OC(=O)Nc2cccc(C3CN(C)Cc4c(Cl)cc(Cl)cc43)c2)CC1. The smallest absolute Gasteiger partial charge is 0.411 e. The molecule has 2 heterocycles. The van der Waals surface area contributed by atoms with E-state index in [1.165, 1.54) is 0 Å². The average Bonchev–Trinajstić information content (AvgIpc) is 2.74. The van der Waals surface area contributed by atoms with Crippen molar-refractivity contribution in [3.63, 3.8) is 0 Å². The van der Waals surface area contributed by atoms with Crippen LogP contribution in [0.4, 0.5) is 10.5 Å². The van der Waals surface area contributed by atoms with E-state index in [0.717, 1.165) is 29.8 Å². The first kappa shape index (κ1) is 22.9. The summed E-state index contributed by atoms with van der Waals surface area (Å²) in [5.74, 6) is 0.149. The van der Waals surface area contributed by atoms with Crippen LogP contribution in [0, 0.1) is 0 Å². The molecule has 2 aromatic carbocycles. The van der Waals surface area contributed by atoms with E-state index < -0.39 is 6.09 Å². The minimum absolute atomic E-state index is 0.0576. The van der Waals surface area contributed by atoms with Crippen LogP contribution in [0.3, 0.4) is 0 Å². The molecule has 2 aromatic rings. The van der Waals surface area contributed by atoms with Crippen LogP contribution in [-0.4, -0.2) is 54.6 Å². The minimum atomic E-state index is -0.476. The third kappa shape index (κ3) is 5.20. The Morgan fingerprint density at radius 1 is 1.12 bits per heavy atom. The van der Waals surface area contributed by atoms with Gasteiger partial charge in [0.1, 0.15) is 6.10 Å². The third-order valence-corrected chi connectivity index (χ3v) is 6.74. The van der Waals surface area contributed by atoms with Crippen molar-refractivity contribution < 1.29 is 14.3 Å². The molecule has 0 aliphatic carbocycles. The molecule has 1 atom stereocenters. The van der Waals surface area contributed by atoms with Gasteiger partial charge in [-0.15, -0.1) is 0 Å². The summed E-state index contributed by atoms with van der Waals surface area (Å²) in [6, 6.07) is 11.6. The van der Waals surface area contributed by atoms with Gasteiger partial charge in [-0.2, -0.15) is 0 Å². The van der Waals surface area contributed by atoms with E-state index >= 15 is 0 Å². The van der Waals surface area contributed by atoms with E-state index in [-0.39, 0.29) is 17.9 Å². The molecule has 170 valence electrons. The normalized spacial score (nSPS) is 19.4. The Balaban J connectivity index is 1.46. The summed E-state index contributed by atoms with van der Waals surface area (Å²) in [4.78, 5) is 27.9. The number of hydrogen-bond donors (Lipinski definition) is 1. The lowest BCUT2D eigenvalue weighted by Crippen LogP contribution is -2.40. The fourth-order valence-corrected chi connectivity index (χ4v) is 5.12. The number of hydrogen-bond acceptors (Lipinski definition) is 4. The second-order valence-electron chi connectivity index (χ2n) is 8.57. The number of fused-ring (bicyclic) bond motifs is 1. The molecular formula is C24H27Cl2N3O3. The number of piperidine rings is 1. The number of carbonyl (C=O) groups excluding carboxylic acids is 2. The van der Waals surface area contributed by atoms with Gasteiger partial charge in [0.25, 0.3) is 0 Å². The predicted molar refractivity (Wildman–Crippen MR) is 126 cm³/mol. The van der Waals surface area contributed by atoms with Crippen molar-refractivity contribution in [1.82, 2.24) is 9.80 Å². The van der Waals surface area contributed by atoms with Crippen molar-refractivity contribution in [2.24, 2.45) is 0 Å². The molecule has 0 bridgehead atoms. The van der Waals surface area contributed by atoms with Crippen LogP contribution in [-0.2, 0) is 16.1 Å². The minimum Gasteiger partial charge on any atom is -0.446 e. The summed E-state index contributed by atoms with van der Waals surface area (Å²) in [7, 11) is 2.07. The lowest BCUT2D eigenvalue weighted by molar-refractivity contribution is -0.130.